The van der Waals surface area contributed by atoms with Gasteiger partial charge in [0.25, 0.3) is 0 Å². The summed E-state index contributed by atoms with van der Waals surface area (Å²) in [7, 11) is 0. The molecule has 1 fully saturated rings. The van der Waals surface area contributed by atoms with Crippen LogP contribution in [0.4, 0.5) is 23.7 Å². The van der Waals surface area contributed by atoms with E-state index in [1.54, 1.807) is 4.90 Å². The van der Waals surface area contributed by atoms with Crippen LogP contribution < -0.4 is 10.6 Å². The number of benzene rings is 1. The van der Waals surface area contributed by atoms with E-state index in [0.29, 0.717) is 6.54 Å². The van der Waals surface area contributed by atoms with Crippen molar-refractivity contribution in [3.8, 4) is 0 Å². The molecule has 3 amide bonds. The van der Waals surface area contributed by atoms with Gasteiger partial charge in [0.1, 0.15) is 0 Å². The largest absolute Gasteiger partial charge is 0.416 e. The van der Waals surface area contributed by atoms with Gasteiger partial charge in [0.15, 0.2) is 0 Å². The van der Waals surface area contributed by atoms with Gasteiger partial charge < -0.3 is 15.5 Å². The van der Waals surface area contributed by atoms with Crippen LogP contribution in [-0.2, 0) is 11.0 Å². The highest BCUT2D eigenvalue weighted by Gasteiger charge is 2.32. The number of likely N-dealkylation sites (tertiary alicyclic amines) is 1. The minimum atomic E-state index is -4.41. The van der Waals surface area contributed by atoms with Crippen molar-refractivity contribution in [3.63, 3.8) is 0 Å². The molecule has 1 saturated heterocycles. The van der Waals surface area contributed by atoms with E-state index >= 15 is 0 Å². The van der Waals surface area contributed by atoms with Crippen molar-refractivity contribution in [1.29, 1.82) is 0 Å². The van der Waals surface area contributed by atoms with Crippen LogP contribution in [-0.4, -0.2) is 35.5 Å². The fourth-order valence-corrected chi connectivity index (χ4v) is 2.42. The monoisotopic (exact) mass is 329 g/mol. The lowest BCUT2D eigenvalue weighted by molar-refractivity contribution is -0.137. The minimum Gasteiger partial charge on any atom is -0.338 e. The number of hydrogen-bond acceptors (Lipinski definition) is 2. The molecule has 0 bridgehead atoms. The second-order valence-corrected chi connectivity index (χ2v) is 5.71. The zero-order valence-electron chi connectivity index (χ0n) is 12.8. The average Bonchev–Trinajstić information content (AvgIpc) is 2.79. The van der Waals surface area contributed by atoms with E-state index in [2.05, 4.69) is 10.6 Å². The predicted molar refractivity (Wildman–Crippen MR) is 78.9 cm³/mol. The van der Waals surface area contributed by atoms with E-state index in [1.807, 2.05) is 13.8 Å². The zero-order valence-corrected chi connectivity index (χ0v) is 12.8. The first-order valence-electron chi connectivity index (χ1n) is 7.21. The van der Waals surface area contributed by atoms with E-state index in [0.717, 1.165) is 12.1 Å². The van der Waals surface area contributed by atoms with Crippen LogP contribution in [0.2, 0.25) is 0 Å². The maximum Gasteiger partial charge on any atom is 0.416 e. The summed E-state index contributed by atoms with van der Waals surface area (Å²) in [6.07, 6.45) is -4.19. The number of carbonyl (C=O) groups excluding carboxylic acids is 2. The molecule has 1 aromatic rings. The van der Waals surface area contributed by atoms with Gasteiger partial charge in [0.2, 0.25) is 5.91 Å². The summed E-state index contributed by atoms with van der Waals surface area (Å²) in [5, 5.41) is 5.11. The number of carbonyl (C=O) groups is 2. The fourth-order valence-electron chi connectivity index (χ4n) is 2.42. The fraction of sp³-hybridized carbons (Fsp3) is 0.467. The Kier molecular flexibility index (Phi) is 4.82. The highest BCUT2D eigenvalue weighted by Crippen LogP contribution is 2.29. The Hall–Kier alpha value is -2.25. The van der Waals surface area contributed by atoms with Gasteiger partial charge in [-0.05, 0) is 38.1 Å². The quantitative estimate of drug-likeness (QED) is 0.896. The number of halogens is 3. The first kappa shape index (κ1) is 17.1. The summed E-state index contributed by atoms with van der Waals surface area (Å²) >= 11 is 0. The highest BCUT2D eigenvalue weighted by atomic mass is 19.4. The third-order valence-corrected chi connectivity index (χ3v) is 3.59. The van der Waals surface area contributed by atoms with Gasteiger partial charge in [-0.2, -0.15) is 13.2 Å². The number of nitrogens with zero attached hydrogens (tertiary/aromatic N) is 1. The molecular formula is C15H18F3N3O2. The third-order valence-electron chi connectivity index (χ3n) is 3.59. The number of hydrogen-bond donors (Lipinski definition) is 2. The second-order valence-electron chi connectivity index (χ2n) is 5.71. The SMILES string of the molecule is CC(C)N1CC(NC(=O)Nc2ccc(C(F)(F)F)cc2)CC1=O. The van der Waals surface area contributed by atoms with Crippen LogP contribution in [0.25, 0.3) is 0 Å². The van der Waals surface area contributed by atoms with Crippen LogP contribution in [0.5, 0.6) is 0 Å². The molecule has 8 heteroatoms. The van der Waals surface area contributed by atoms with Crippen molar-refractivity contribution in [2.75, 3.05) is 11.9 Å². The van der Waals surface area contributed by atoms with Crippen molar-refractivity contribution in [3.05, 3.63) is 29.8 Å². The molecule has 0 radical (unpaired) electrons. The predicted octanol–water partition coefficient (Wildman–Crippen LogP) is 2.84. The number of rotatable bonds is 3. The summed E-state index contributed by atoms with van der Waals surface area (Å²) in [4.78, 5) is 25.3. The first-order valence-corrected chi connectivity index (χ1v) is 7.21. The summed E-state index contributed by atoms with van der Waals surface area (Å²) < 4.78 is 37.4. The van der Waals surface area contributed by atoms with Crippen molar-refractivity contribution in [1.82, 2.24) is 10.2 Å². The topological polar surface area (TPSA) is 61.4 Å². The molecule has 1 aromatic carbocycles. The molecule has 23 heavy (non-hydrogen) atoms. The molecule has 1 heterocycles. The molecule has 1 atom stereocenters. The Morgan fingerprint density at radius 2 is 1.87 bits per heavy atom. The molecule has 2 N–H and O–H groups in total. The Bertz CT molecular complexity index is 585. The Balaban J connectivity index is 1.89. The van der Waals surface area contributed by atoms with Gasteiger partial charge >= 0.3 is 12.2 Å². The molecule has 1 aliphatic heterocycles. The van der Waals surface area contributed by atoms with E-state index in [1.165, 1.54) is 12.1 Å². The number of alkyl halides is 3. The van der Waals surface area contributed by atoms with Gasteiger partial charge in [0, 0.05) is 24.7 Å². The molecule has 0 aromatic heterocycles. The molecule has 1 aliphatic rings. The van der Waals surface area contributed by atoms with Crippen LogP contribution in [0.3, 0.4) is 0 Å². The van der Waals surface area contributed by atoms with E-state index in [-0.39, 0.29) is 30.1 Å². The van der Waals surface area contributed by atoms with Crippen LogP contribution in [0, 0.1) is 0 Å². The van der Waals surface area contributed by atoms with E-state index in [9.17, 15) is 22.8 Å². The lowest BCUT2D eigenvalue weighted by Gasteiger charge is -2.21. The average molecular weight is 329 g/mol. The van der Waals surface area contributed by atoms with Crippen LogP contribution >= 0.6 is 0 Å². The number of nitrogens with one attached hydrogen (secondary N) is 2. The van der Waals surface area contributed by atoms with Gasteiger partial charge in [-0.25, -0.2) is 4.79 Å². The lowest BCUT2D eigenvalue weighted by Crippen LogP contribution is -2.40. The molecule has 0 spiro atoms. The summed E-state index contributed by atoms with van der Waals surface area (Å²) in [5.74, 6) is -0.0279. The molecular weight excluding hydrogens is 311 g/mol. The van der Waals surface area contributed by atoms with Crippen LogP contribution in [0.1, 0.15) is 25.8 Å². The molecule has 0 aliphatic carbocycles. The summed E-state index contributed by atoms with van der Waals surface area (Å²) in [6, 6.07) is 3.37. The normalized spacial score (nSPS) is 18.4. The Morgan fingerprint density at radius 1 is 1.26 bits per heavy atom. The highest BCUT2D eigenvalue weighted by molar-refractivity contribution is 5.90. The van der Waals surface area contributed by atoms with E-state index < -0.39 is 17.8 Å². The molecule has 126 valence electrons. The summed E-state index contributed by atoms with van der Waals surface area (Å²) in [5.41, 5.74) is -0.530. The smallest absolute Gasteiger partial charge is 0.338 e. The van der Waals surface area contributed by atoms with Crippen molar-refractivity contribution < 1.29 is 22.8 Å². The molecule has 1 unspecified atom stereocenters. The summed E-state index contributed by atoms with van der Waals surface area (Å²) in [6.45, 7) is 4.21. The Morgan fingerprint density at radius 3 is 2.35 bits per heavy atom. The molecule has 5 nitrogen and oxygen atoms in total. The maximum atomic E-state index is 12.5. The molecule has 0 saturated carbocycles. The lowest BCUT2D eigenvalue weighted by atomic mass is 10.2. The van der Waals surface area contributed by atoms with Gasteiger partial charge in [-0.3, -0.25) is 4.79 Å². The zero-order chi connectivity index (χ0) is 17.2. The number of anilines is 1. The standard InChI is InChI=1S/C15H18F3N3O2/c1-9(2)21-8-12(7-13(21)22)20-14(23)19-11-5-3-10(4-6-11)15(16,17)18/h3-6,9,12H,7-8H2,1-2H3,(H2,19,20,23). The minimum absolute atomic E-state index is 0.0279. The van der Waals surface area contributed by atoms with Gasteiger partial charge in [-0.15, -0.1) is 0 Å². The maximum absolute atomic E-state index is 12.5. The third kappa shape index (κ3) is 4.37. The number of urea groups is 1. The van der Waals surface area contributed by atoms with Crippen molar-refractivity contribution in [2.45, 2.75) is 38.5 Å². The van der Waals surface area contributed by atoms with Crippen molar-refractivity contribution >= 4 is 17.6 Å². The van der Waals surface area contributed by atoms with Crippen molar-refractivity contribution in [2.24, 2.45) is 0 Å². The first-order chi connectivity index (χ1) is 10.7. The number of amides is 3. The Labute approximate surface area is 131 Å². The van der Waals surface area contributed by atoms with Gasteiger partial charge in [-0.1, -0.05) is 0 Å². The van der Waals surface area contributed by atoms with E-state index in [4.69, 9.17) is 0 Å². The van der Waals surface area contributed by atoms with Gasteiger partial charge in [0.05, 0.1) is 11.6 Å². The molecule has 2 rings (SSSR count). The van der Waals surface area contributed by atoms with Crippen LogP contribution in [0.15, 0.2) is 24.3 Å². The second kappa shape index (κ2) is 6.47.